The SMILES string of the molecule is CCCCS(=O)(=O)N1CCC[C@@H]2CN3CCc4ccccc4[C@H]3C[C@@H]21.Cl. The van der Waals surface area contributed by atoms with E-state index in [1.165, 1.54) is 17.5 Å². The zero-order valence-corrected chi connectivity index (χ0v) is 17.3. The first-order valence-electron chi connectivity index (χ1n) is 9.91. The fourth-order valence-corrected chi connectivity index (χ4v) is 7.11. The zero-order chi connectivity index (χ0) is 17.4. The lowest BCUT2D eigenvalue weighted by atomic mass is 9.77. The number of unbranched alkanes of at least 4 members (excludes halogenated alkanes) is 1. The molecule has 0 radical (unpaired) electrons. The lowest BCUT2D eigenvalue weighted by Gasteiger charge is -2.51. The minimum Gasteiger partial charge on any atom is -0.296 e. The van der Waals surface area contributed by atoms with Crippen LogP contribution in [0, 0.1) is 5.92 Å². The van der Waals surface area contributed by atoms with Gasteiger partial charge in [0.25, 0.3) is 0 Å². The fourth-order valence-electron chi connectivity index (χ4n) is 5.14. The Morgan fingerprint density at radius 3 is 2.81 bits per heavy atom. The lowest BCUT2D eigenvalue weighted by Crippen LogP contribution is -2.57. The summed E-state index contributed by atoms with van der Waals surface area (Å²) in [7, 11) is -3.12. The van der Waals surface area contributed by atoms with Gasteiger partial charge in [-0.3, -0.25) is 4.90 Å². The van der Waals surface area contributed by atoms with Gasteiger partial charge in [-0.1, -0.05) is 37.6 Å². The van der Waals surface area contributed by atoms with E-state index in [2.05, 4.69) is 36.1 Å². The van der Waals surface area contributed by atoms with Gasteiger partial charge in [-0.15, -0.1) is 12.4 Å². The molecule has 0 unspecified atom stereocenters. The average molecular weight is 399 g/mol. The Hall–Kier alpha value is -0.620. The van der Waals surface area contributed by atoms with Crippen molar-refractivity contribution in [2.45, 2.75) is 57.5 Å². The molecule has 0 aliphatic carbocycles. The largest absolute Gasteiger partial charge is 0.296 e. The van der Waals surface area contributed by atoms with Crippen molar-refractivity contribution in [2.75, 3.05) is 25.4 Å². The second-order valence-corrected chi connectivity index (χ2v) is 9.99. The molecule has 146 valence electrons. The predicted octanol–water partition coefficient (Wildman–Crippen LogP) is 3.62. The summed E-state index contributed by atoms with van der Waals surface area (Å²) in [5.74, 6) is 0.823. The van der Waals surface area contributed by atoms with Crippen LogP contribution < -0.4 is 0 Å². The summed E-state index contributed by atoms with van der Waals surface area (Å²) in [4.78, 5) is 2.62. The van der Waals surface area contributed by atoms with Crippen molar-refractivity contribution in [2.24, 2.45) is 5.92 Å². The Labute approximate surface area is 164 Å². The van der Waals surface area contributed by atoms with Crippen LogP contribution in [0.2, 0.25) is 0 Å². The minimum absolute atomic E-state index is 0. The Morgan fingerprint density at radius 2 is 2.00 bits per heavy atom. The summed E-state index contributed by atoms with van der Waals surface area (Å²) in [6, 6.07) is 9.35. The summed E-state index contributed by atoms with van der Waals surface area (Å²) in [5.41, 5.74) is 2.89. The van der Waals surface area contributed by atoms with Gasteiger partial charge in [0, 0.05) is 31.7 Å². The van der Waals surface area contributed by atoms with Crippen LogP contribution in [0.1, 0.15) is 56.2 Å². The van der Waals surface area contributed by atoms with Crippen LogP contribution in [0.25, 0.3) is 0 Å². The van der Waals surface area contributed by atoms with Crippen molar-refractivity contribution in [1.82, 2.24) is 9.21 Å². The molecule has 0 bridgehead atoms. The molecule has 3 heterocycles. The maximum Gasteiger partial charge on any atom is 0.214 e. The van der Waals surface area contributed by atoms with Crippen molar-refractivity contribution in [3.05, 3.63) is 35.4 Å². The molecule has 3 aliphatic rings. The van der Waals surface area contributed by atoms with E-state index in [-0.39, 0.29) is 18.4 Å². The first-order chi connectivity index (χ1) is 12.1. The quantitative estimate of drug-likeness (QED) is 0.777. The third-order valence-electron chi connectivity index (χ3n) is 6.44. The van der Waals surface area contributed by atoms with E-state index in [1.54, 1.807) is 0 Å². The van der Waals surface area contributed by atoms with Gasteiger partial charge in [-0.2, -0.15) is 4.31 Å². The molecule has 3 atom stereocenters. The Morgan fingerprint density at radius 1 is 1.19 bits per heavy atom. The number of nitrogens with zero attached hydrogens (tertiary/aromatic N) is 2. The molecule has 0 amide bonds. The number of hydrogen-bond acceptors (Lipinski definition) is 3. The van der Waals surface area contributed by atoms with E-state index < -0.39 is 10.0 Å². The van der Waals surface area contributed by atoms with Crippen molar-refractivity contribution < 1.29 is 8.42 Å². The first kappa shape index (κ1) is 20.1. The standard InChI is InChI=1S/C20H30N2O2S.ClH/c1-2-3-13-25(23,24)22-11-6-8-17-15-21-12-10-16-7-4-5-9-18(16)20(21)14-19(17)22;/h4-5,7,9,17,19-20H,2-3,6,8,10-15H2,1H3;1H/t17-,19+,20-;/m1./s1. The normalized spacial score (nSPS) is 29.2. The van der Waals surface area contributed by atoms with Gasteiger partial charge in [0.1, 0.15) is 0 Å². The molecule has 26 heavy (non-hydrogen) atoms. The molecule has 6 heteroatoms. The number of fused-ring (bicyclic) bond motifs is 4. The number of rotatable bonds is 4. The molecule has 3 aliphatic heterocycles. The predicted molar refractivity (Wildman–Crippen MR) is 108 cm³/mol. The van der Waals surface area contributed by atoms with Crippen LogP contribution in [-0.4, -0.2) is 49.1 Å². The van der Waals surface area contributed by atoms with Crippen molar-refractivity contribution in [1.29, 1.82) is 0 Å². The molecule has 0 aromatic heterocycles. The molecule has 4 rings (SSSR count). The highest BCUT2D eigenvalue weighted by atomic mass is 35.5. The van der Waals surface area contributed by atoms with E-state index in [0.717, 1.165) is 51.7 Å². The summed E-state index contributed by atoms with van der Waals surface area (Å²) >= 11 is 0. The van der Waals surface area contributed by atoms with E-state index in [4.69, 9.17) is 0 Å². The molecule has 0 spiro atoms. The molecule has 2 saturated heterocycles. The second-order valence-electron chi connectivity index (χ2n) is 7.95. The molecule has 0 saturated carbocycles. The van der Waals surface area contributed by atoms with Crippen molar-refractivity contribution in [3.8, 4) is 0 Å². The van der Waals surface area contributed by atoms with E-state index in [9.17, 15) is 8.42 Å². The van der Waals surface area contributed by atoms with Crippen LogP contribution in [0.15, 0.2) is 24.3 Å². The Kier molecular flexibility index (Phi) is 6.33. The van der Waals surface area contributed by atoms with E-state index in [1.807, 2.05) is 4.31 Å². The summed E-state index contributed by atoms with van der Waals surface area (Å²) in [5, 5.41) is 0. The average Bonchev–Trinajstić information content (AvgIpc) is 2.64. The lowest BCUT2D eigenvalue weighted by molar-refractivity contribution is 0.0220. The van der Waals surface area contributed by atoms with Gasteiger partial charge < -0.3 is 0 Å². The molecular weight excluding hydrogens is 368 g/mol. The summed E-state index contributed by atoms with van der Waals surface area (Å²) in [6.45, 7) is 4.96. The first-order valence-corrected chi connectivity index (χ1v) is 11.5. The van der Waals surface area contributed by atoms with Gasteiger partial charge in [0.2, 0.25) is 10.0 Å². The smallest absolute Gasteiger partial charge is 0.214 e. The monoisotopic (exact) mass is 398 g/mol. The maximum atomic E-state index is 12.9. The highest BCUT2D eigenvalue weighted by molar-refractivity contribution is 7.89. The second kappa shape index (κ2) is 8.17. The summed E-state index contributed by atoms with van der Waals surface area (Å²) < 4.78 is 27.7. The van der Waals surface area contributed by atoms with Gasteiger partial charge in [0.15, 0.2) is 0 Å². The summed E-state index contributed by atoms with van der Waals surface area (Å²) in [6.07, 6.45) is 5.99. The number of sulfonamides is 1. The molecule has 2 fully saturated rings. The minimum atomic E-state index is -3.12. The molecule has 4 nitrogen and oxygen atoms in total. The zero-order valence-electron chi connectivity index (χ0n) is 15.6. The van der Waals surface area contributed by atoms with E-state index >= 15 is 0 Å². The number of benzene rings is 1. The fraction of sp³-hybridized carbons (Fsp3) is 0.700. The van der Waals surface area contributed by atoms with Crippen LogP contribution in [0.5, 0.6) is 0 Å². The highest BCUT2D eigenvalue weighted by Crippen LogP contribution is 2.43. The van der Waals surface area contributed by atoms with Crippen LogP contribution in [0.4, 0.5) is 0 Å². The molecular formula is C20H31ClN2O2S. The number of piperidine rings is 2. The van der Waals surface area contributed by atoms with Gasteiger partial charge in [-0.25, -0.2) is 8.42 Å². The van der Waals surface area contributed by atoms with Gasteiger partial charge in [-0.05, 0) is 49.1 Å². The molecule has 1 aromatic carbocycles. The maximum absolute atomic E-state index is 12.9. The van der Waals surface area contributed by atoms with Crippen LogP contribution in [-0.2, 0) is 16.4 Å². The van der Waals surface area contributed by atoms with Crippen LogP contribution >= 0.6 is 12.4 Å². The highest BCUT2D eigenvalue weighted by Gasteiger charge is 2.45. The molecule has 1 aromatic rings. The Bertz CT molecular complexity index is 724. The van der Waals surface area contributed by atoms with Crippen molar-refractivity contribution in [3.63, 3.8) is 0 Å². The Balaban J connectivity index is 0.00000196. The third kappa shape index (κ3) is 3.68. The third-order valence-corrected chi connectivity index (χ3v) is 8.41. The van der Waals surface area contributed by atoms with E-state index in [0.29, 0.717) is 17.7 Å². The number of hydrogen-bond donors (Lipinski definition) is 0. The number of halogens is 1. The molecule has 0 N–H and O–H groups in total. The van der Waals surface area contributed by atoms with Gasteiger partial charge >= 0.3 is 0 Å². The topological polar surface area (TPSA) is 40.6 Å². The van der Waals surface area contributed by atoms with Crippen LogP contribution in [0.3, 0.4) is 0 Å². The van der Waals surface area contributed by atoms with Crippen molar-refractivity contribution >= 4 is 22.4 Å². The van der Waals surface area contributed by atoms with Gasteiger partial charge in [0.05, 0.1) is 5.75 Å².